The Labute approximate surface area is 91.7 Å². The van der Waals surface area contributed by atoms with E-state index in [0.29, 0.717) is 6.42 Å². The molecule has 1 amide bonds. The SMILES string of the molecule is CCC1(ON2CCCC2=O)CCCCC1. The molecular formula is C12H21NO2. The summed E-state index contributed by atoms with van der Waals surface area (Å²) in [6.07, 6.45) is 8.69. The zero-order valence-electron chi connectivity index (χ0n) is 9.63. The molecule has 2 fully saturated rings. The minimum absolute atomic E-state index is 0.0295. The van der Waals surface area contributed by atoms with E-state index in [-0.39, 0.29) is 11.5 Å². The van der Waals surface area contributed by atoms with Gasteiger partial charge in [-0.2, -0.15) is 0 Å². The van der Waals surface area contributed by atoms with Crippen LogP contribution in [0.25, 0.3) is 0 Å². The van der Waals surface area contributed by atoms with Crippen LogP contribution in [0.1, 0.15) is 58.3 Å². The summed E-state index contributed by atoms with van der Waals surface area (Å²) in [4.78, 5) is 17.5. The fraction of sp³-hybridized carbons (Fsp3) is 0.917. The Bertz CT molecular complexity index is 234. The molecule has 0 aromatic carbocycles. The van der Waals surface area contributed by atoms with Gasteiger partial charge in [0.1, 0.15) is 0 Å². The lowest BCUT2D eigenvalue weighted by molar-refractivity contribution is -0.242. The normalized spacial score (nSPS) is 25.9. The maximum Gasteiger partial charge on any atom is 0.246 e. The molecule has 1 aliphatic heterocycles. The van der Waals surface area contributed by atoms with Gasteiger partial charge >= 0.3 is 0 Å². The Kier molecular flexibility index (Phi) is 3.29. The van der Waals surface area contributed by atoms with Crippen LogP contribution in [0.5, 0.6) is 0 Å². The fourth-order valence-electron chi connectivity index (χ4n) is 2.66. The average Bonchev–Trinajstić information content (AvgIpc) is 2.66. The molecule has 3 heteroatoms. The highest BCUT2D eigenvalue weighted by molar-refractivity contribution is 5.76. The van der Waals surface area contributed by atoms with Crippen molar-refractivity contribution in [2.75, 3.05) is 6.54 Å². The summed E-state index contributed by atoms with van der Waals surface area (Å²) >= 11 is 0. The molecule has 0 N–H and O–H groups in total. The van der Waals surface area contributed by atoms with Gasteiger partial charge in [0, 0.05) is 13.0 Å². The number of carbonyl (C=O) groups excluding carboxylic acids is 1. The molecule has 3 nitrogen and oxygen atoms in total. The molecule has 1 aliphatic carbocycles. The number of hydrogen-bond acceptors (Lipinski definition) is 2. The van der Waals surface area contributed by atoms with Gasteiger partial charge in [0.25, 0.3) is 0 Å². The van der Waals surface area contributed by atoms with Crippen molar-refractivity contribution in [3.63, 3.8) is 0 Å². The van der Waals surface area contributed by atoms with Crippen molar-refractivity contribution in [2.24, 2.45) is 0 Å². The van der Waals surface area contributed by atoms with Crippen molar-refractivity contribution in [1.29, 1.82) is 0 Å². The Morgan fingerprint density at radius 1 is 1.27 bits per heavy atom. The summed E-state index contributed by atoms with van der Waals surface area (Å²) in [5.41, 5.74) is -0.0295. The molecule has 0 radical (unpaired) electrons. The highest BCUT2D eigenvalue weighted by Gasteiger charge is 2.36. The molecule has 1 heterocycles. The molecule has 2 aliphatic rings. The van der Waals surface area contributed by atoms with Crippen molar-refractivity contribution in [2.45, 2.75) is 63.9 Å². The molecule has 2 rings (SSSR count). The zero-order chi connectivity index (χ0) is 10.7. The smallest absolute Gasteiger partial charge is 0.246 e. The van der Waals surface area contributed by atoms with Gasteiger partial charge in [0.2, 0.25) is 5.91 Å². The summed E-state index contributed by atoms with van der Waals surface area (Å²) in [6.45, 7) is 2.96. The second-order valence-electron chi connectivity index (χ2n) is 4.79. The first kappa shape index (κ1) is 10.9. The van der Waals surface area contributed by atoms with Gasteiger partial charge in [0.15, 0.2) is 0 Å². The van der Waals surface area contributed by atoms with Crippen LogP contribution in [-0.4, -0.2) is 23.1 Å². The van der Waals surface area contributed by atoms with E-state index >= 15 is 0 Å². The predicted molar refractivity (Wildman–Crippen MR) is 58.1 cm³/mol. The molecule has 1 saturated carbocycles. The van der Waals surface area contributed by atoms with Crippen molar-refractivity contribution in [3.05, 3.63) is 0 Å². The topological polar surface area (TPSA) is 29.5 Å². The minimum Gasteiger partial charge on any atom is -0.273 e. The standard InChI is InChI=1S/C12H21NO2/c1-2-12(8-4-3-5-9-12)15-13-10-6-7-11(13)14/h2-10H2,1H3. The maximum atomic E-state index is 11.5. The monoisotopic (exact) mass is 211 g/mol. The fourth-order valence-corrected chi connectivity index (χ4v) is 2.66. The van der Waals surface area contributed by atoms with Gasteiger partial charge in [-0.15, -0.1) is 0 Å². The van der Waals surface area contributed by atoms with Crippen LogP contribution in [0.15, 0.2) is 0 Å². The third-order valence-corrected chi connectivity index (χ3v) is 3.74. The van der Waals surface area contributed by atoms with Gasteiger partial charge in [-0.1, -0.05) is 26.2 Å². The highest BCUT2D eigenvalue weighted by Crippen LogP contribution is 2.35. The van der Waals surface area contributed by atoms with Crippen molar-refractivity contribution in [3.8, 4) is 0 Å². The molecular weight excluding hydrogens is 190 g/mol. The molecule has 0 atom stereocenters. The third-order valence-electron chi connectivity index (χ3n) is 3.74. The Hall–Kier alpha value is -0.570. The van der Waals surface area contributed by atoms with E-state index in [9.17, 15) is 4.79 Å². The Morgan fingerprint density at radius 3 is 2.53 bits per heavy atom. The van der Waals surface area contributed by atoms with Crippen molar-refractivity contribution in [1.82, 2.24) is 5.06 Å². The van der Waals surface area contributed by atoms with Crippen LogP contribution in [0.4, 0.5) is 0 Å². The number of hydrogen-bond donors (Lipinski definition) is 0. The number of nitrogens with zero attached hydrogens (tertiary/aromatic N) is 1. The van der Waals surface area contributed by atoms with Crippen LogP contribution in [0, 0.1) is 0 Å². The number of amides is 1. The van der Waals surface area contributed by atoms with E-state index in [2.05, 4.69) is 6.92 Å². The van der Waals surface area contributed by atoms with Crippen molar-refractivity contribution < 1.29 is 9.63 Å². The Balaban J connectivity index is 1.97. The van der Waals surface area contributed by atoms with E-state index in [0.717, 1.165) is 32.2 Å². The van der Waals surface area contributed by atoms with Crippen molar-refractivity contribution >= 4 is 5.91 Å². The Morgan fingerprint density at radius 2 is 2.00 bits per heavy atom. The van der Waals surface area contributed by atoms with Crippen LogP contribution in [0.3, 0.4) is 0 Å². The van der Waals surface area contributed by atoms with Gasteiger partial charge in [-0.25, -0.2) is 5.06 Å². The van der Waals surface area contributed by atoms with E-state index in [1.807, 2.05) is 0 Å². The average molecular weight is 211 g/mol. The summed E-state index contributed by atoms with van der Waals surface area (Å²) < 4.78 is 0. The number of hydroxylamine groups is 2. The first-order chi connectivity index (χ1) is 7.26. The van der Waals surface area contributed by atoms with Crippen LogP contribution in [0.2, 0.25) is 0 Å². The first-order valence-electron chi connectivity index (χ1n) is 6.25. The van der Waals surface area contributed by atoms with E-state index < -0.39 is 0 Å². The minimum atomic E-state index is -0.0295. The molecule has 86 valence electrons. The molecule has 0 spiro atoms. The summed E-state index contributed by atoms with van der Waals surface area (Å²) in [5, 5.41) is 1.62. The van der Waals surface area contributed by atoms with Crippen LogP contribution < -0.4 is 0 Å². The van der Waals surface area contributed by atoms with Crippen LogP contribution >= 0.6 is 0 Å². The molecule has 0 unspecified atom stereocenters. The summed E-state index contributed by atoms with van der Waals surface area (Å²) in [6, 6.07) is 0. The number of rotatable bonds is 3. The van der Waals surface area contributed by atoms with E-state index in [1.165, 1.54) is 19.3 Å². The van der Waals surface area contributed by atoms with Crippen LogP contribution in [-0.2, 0) is 9.63 Å². The maximum absolute atomic E-state index is 11.5. The molecule has 0 aromatic rings. The second-order valence-corrected chi connectivity index (χ2v) is 4.79. The van der Waals surface area contributed by atoms with E-state index in [4.69, 9.17) is 4.84 Å². The predicted octanol–water partition coefficient (Wildman–Crippen LogP) is 2.65. The quantitative estimate of drug-likeness (QED) is 0.718. The van der Waals surface area contributed by atoms with E-state index in [1.54, 1.807) is 5.06 Å². The van der Waals surface area contributed by atoms with Gasteiger partial charge < -0.3 is 0 Å². The zero-order valence-corrected chi connectivity index (χ0v) is 9.63. The van der Waals surface area contributed by atoms with Gasteiger partial charge in [-0.3, -0.25) is 9.63 Å². The molecule has 0 aromatic heterocycles. The number of carbonyl (C=O) groups is 1. The highest BCUT2D eigenvalue weighted by atomic mass is 16.7. The largest absolute Gasteiger partial charge is 0.273 e. The summed E-state index contributed by atoms with van der Waals surface area (Å²) in [5.74, 6) is 0.174. The first-order valence-corrected chi connectivity index (χ1v) is 6.25. The van der Waals surface area contributed by atoms with Gasteiger partial charge in [-0.05, 0) is 25.7 Å². The molecule has 15 heavy (non-hydrogen) atoms. The summed E-state index contributed by atoms with van der Waals surface area (Å²) in [7, 11) is 0. The molecule has 0 bridgehead atoms. The van der Waals surface area contributed by atoms with Gasteiger partial charge in [0.05, 0.1) is 5.60 Å². The lowest BCUT2D eigenvalue weighted by Crippen LogP contribution is -2.42. The molecule has 1 saturated heterocycles. The lowest BCUT2D eigenvalue weighted by Gasteiger charge is -2.38. The third kappa shape index (κ3) is 2.33. The second kappa shape index (κ2) is 4.52. The lowest BCUT2D eigenvalue weighted by atomic mass is 9.83.